The van der Waals surface area contributed by atoms with E-state index < -0.39 is 6.10 Å². The van der Waals surface area contributed by atoms with Crippen molar-refractivity contribution in [1.29, 1.82) is 0 Å². The molecule has 1 heterocycles. The molecule has 1 aromatic carbocycles. The summed E-state index contributed by atoms with van der Waals surface area (Å²) in [5, 5.41) is 10.2. The van der Waals surface area contributed by atoms with Crippen molar-refractivity contribution in [1.82, 2.24) is 0 Å². The second-order valence-corrected chi connectivity index (χ2v) is 4.89. The minimum absolute atomic E-state index is 0.0498. The van der Waals surface area contributed by atoms with Crippen LogP contribution in [0.3, 0.4) is 0 Å². The molecular weight excluding hydrogens is 216 g/mol. The molecule has 2 unspecified atom stereocenters. The largest absolute Gasteiger partial charge is 0.490 e. The number of ether oxygens (including phenoxy) is 2. The van der Waals surface area contributed by atoms with Gasteiger partial charge in [-0.15, -0.1) is 0 Å². The lowest BCUT2D eigenvalue weighted by Gasteiger charge is -2.18. The van der Waals surface area contributed by atoms with Crippen molar-refractivity contribution < 1.29 is 14.6 Å². The van der Waals surface area contributed by atoms with Gasteiger partial charge in [0.2, 0.25) is 0 Å². The fourth-order valence-corrected chi connectivity index (χ4v) is 2.22. The predicted molar refractivity (Wildman–Crippen MR) is 64.0 cm³/mol. The van der Waals surface area contributed by atoms with Gasteiger partial charge in [0.05, 0.1) is 12.2 Å². The van der Waals surface area contributed by atoms with Gasteiger partial charge in [0.25, 0.3) is 0 Å². The van der Waals surface area contributed by atoms with Gasteiger partial charge in [0, 0.05) is 6.61 Å². The van der Waals surface area contributed by atoms with Gasteiger partial charge in [-0.3, -0.25) is 0 Å². The van der Waals surface area contributed by atoms with E-state index in [0.29, 0.717) is 6.10 Å². The first kappa shape index (κ1) is 11.1. The van der Waals surface area contributed by atoms with Crippen molar-refractivity contribution in [3.8, 4) is 5.75 Å². The summed E-state index contributed by atoms with van der Waals surface area (Å²) in [5.41, 5.74) is 0.898. The third-order valence-electron chi connectivity index (χ3n) is 3.34. The molecule has 1 N–H and O–H groups in total. The number of aliphatic hydroxyl groups is 1. The van der Waals surface area contributed by atoms with Crippen molar-refractivity contribution in [3.63, 3.8) is 0 Å². The number of hydrogen-bond donors (Lipinski definition) is 1. The van der Waals surface area contributed by atoms with Crippen molar-refractivity contribution in [2.75, 3.05) is 6.61 Å². The van der Waals surface area contributed by atoms with E-state index in [4.69, 9.17) is 9.47 Å². The quantitative estimate of drug-likeness (QED) is 0.869. The summed E-state index contributed by atoms with van der Waals surface area (Å²) in [6, 6.07) is 7.76. The molecule has 92 valence electrons. The van der Waals surface area contributed by atoms with E-state index >= 15 is 0 Å². The molecule has 1 aromatic rings. The summed E-state index contributed by atoms with van der Waals surface area (Å²) >= 11 is 0. The third-order valence-corrected chi connectivity index (χ3v) is 3.34. The normalized spacial score (nSPS) is 25.8. The average Bonchev–Trinajstić information content (AvgIpc) is 2.99. The molecule has 0 aromatic heterocycles. The van der Waals surface area contributed by atoms with E-state index in [1.165, 1.54) is 0 Å². The maximum Gasteiger partial charge on any atom is 0.120 e. The standard InChI is InChI=1S/C14H18O3/c15-14(13-5-2-8-16-13)10-3-1-4-12(9-10)17-11-6-7-11/h1,3-4,9,11,13-15H,2,5-8H2. The van der Waals surface area contributed by atoms with Crippen LogP contribution in [-0.4, -0.2) is 23.9 Å². The summed E-state index contributed by atoms with van der Waals surface area (Å²) in [7, 11) is 0. The molecule has 2 atom stereocenters. The van der Waals surface area contributed by atoms with Crippen LogP contribution in [0, 0.1) is 0 Å². The topological polar surface area (TPSA) is 38.7 Å². The van der Waals surface area contributed by atoms with Crippen molar-refractivity contribution >= 4 is 0 Å². The van der Waals surface area contributed by atoms with Crippen LogP contribution >= 0.6 is 0 Å². The zero-order valence-corrected chi connectivity index (χ0v) is 9.84. The molecule has 1 saturated heterocycles. The van der Waals surface area contributed by atoms with Crippen molar-refractivity contribution in [2.45, 2.75) is 44.0 Å². The Bertz CT molecular complexity index is 381. The SMILES string of the molecule is OC(c1cccc(OC2CC2)c1)C1CCCO1. The molecule has 1 aliphatic heterocycles. The summed E-state index contributed by atoms with van der Waals surface area (Å²) in [5.74, 6) is 0.863. The number of rotatable bonds is 4. The van der Waals surface area contributed by atoms with Gasteiger partial charge in [-0.1, -0.05) is 12.1 Å². The molecule has 3 nitrogen and oxygen atoms in total. The monoisotopic (exact) mass is 234 g/mol. The van der Waals surface area contributed by atoms with Gasteiger partial charge in [-0.2, -0.15) is 0 Å². The van der Waals surface area contributed by atoms with Crippen LogP contribution in [0.4, 0.5) is 0 Å². The smallest absolute Gasteiger partial charge is 0.120 e. The summed E-state index contributed by atoms with van der Waals surface area (Å²) in [4.78, 5) is 0. The predicted octanol–water partition coefficient (Wildman–Crippen LogP) is 2.44. The fraction of sp³-hybridized carbons (Fsp3) is 0.571. The van der Waals surface area contributed by atoms with Gasteiger partial charge >= 0.3 is 0 Å². The molecule has 0 radical (unpaired) electrons. The molecule has 0 spiro atoms. The van der Waals surface area contributed by atoms with Crippen molar-refractivity contribution in [3.05, 3.63) is 29.8 Å². The van der Waals surface area contributed by atoms with Crippen LogP contribution in [0.15, 0.2) is 24.3 Å². The molecule has 1 aliphatic carbocycles. The summed E-state index contributed by atoms with van der Waals surface area (Å²) in [6.45, 7) is 0.764. The first-order valence-electron chi connectivity index (χ1n) is 6.39. The molecule has 17 heavy (non-hydrogen) atoms. The minimum atomic E-state index is -0.528. The number of aliphatic hydroxyl groups excluding tert-OH is 1. The highest BCUT2D eigenvalue weighted by atomic mass is 16.5. The van der Waals surface area contributed by atoms with Crippen LogP contribution in [0.5, 0.6) is 5.75 Å². The van der Waals surface area contributed by atoms with Crippen molar-refractivity contribution in [2.24, 2.45) is 0 Å². The Morgan fingerprint density at radius 3 is 2.88 bits per heavy atom. The van der Waals surface area contributed by atoms with Gasteiger partial charge in [-0.05, 0) is 43.4 Å². The van der Waals surface area contributed by atoms with Gasteiger partial charge in [-0.25, -0.2) is 0 Å². The third kappa shape index (κ3) is 2.61. The molecule has 0 bridgehead atoms. The lowest BCUT2D eigenvalue weighted by atomic mass is 10.0. The van der Waals surface area contributed by atoms with Gasteiger partial charge in [0.1, 0.15) is 11.9 Å². The van der Waals surface area contributed by atoms with E-state index in [9.17, 15) is 5.11 Å². The second kappa shape index (κ2) is 4.67. The highest BCUT2D eigenvalue weighted by molar-refractivity contribution is 5.31. The van der Waals surface area contributed by atoms with Crippen LogP contribution in [0.25, 0.3) is 0 Å². The Morgan fingerprint density at radius 2 is 2.18 bits per heavy atom. The van der Waals surface area contributed by atoms with Gasteiger partial charge in [0.15, 0.2) is 0 Å². The average molecular weight is 234 g/mol. The van der Waals surface area contributed by atoms with E-state index in [1.807, 2.05) is 24.3 Å². The van der Waals surface area contributed by atoms with E-state index in [1.54, 1.807) is 0 Å². The molecular formula is C14H18O3. The Morgan fingerprint density at radius 1 is 1.29 bits per heavy atom. The van der Waals surface area contributed by atoms with Crippen LogP contribution in [0.1, 0.15) is 37.4 Å². The van der Waals surface area contributed by atoms with Gasteiger partial charge < -0.3 is 14.6 Å². The maximum atomic E-state index is 10.2. The van der Waals surface area contributed by atoms with Crippen LogP contribution in [-0.2, 0) is 4.74 Å². The number of benzene rings is 1. The lowest BCUT2D eigenvalue weighted by Crippen LogP contribution is -2.17. The highest BCUT2D eigenvalue weighted by Gasteiger charge is 2.27. The lowest BCUT2D eigenvalue weighted by molar-refractivity contribution is -0.00269. The van der Waals surface area contributed by atoms with E-state index in [-0.39, 0.29) is 6.10 Å². The van der Waals surface area contributed by atoms with E-state index in [2.05, 4.69) is 0 Å². The Labute approximate surface area is 101 Å². The van der Waals surface area contributed by atoms with Crippen LogP contribution in [0.2, 0.25) is 0 Å². The first-order chi connectivity index (χ1) is 8.33. The molecule has 3 rings (SSSR count). The Hall–Kier alpha value is -1.06. The fourth-order valence-electron chi connectivity index (χ4n) is 2.22. The maximum absolute atomic E-state index is 10.2. The van der Waals surface area contributed by atoms with E-state index in [0.717, 1.165) is 43.6 Å². The Balaban J connectivity index is 1.71. The zero-order chi connectivity index (χ0) is 11.7. The summed E-state index contributed by atoms with van der Waals surface area (Å²) in [6.07, 6.45) is 4.10. The van der Waals surface area contributed by atoms with Crippen LogP contribution < -0.4 is 4.74 Å². The Kier molecular flexibility index (Phi) is 3.04. The second-order valence-electron chi connectivity index (χ2n) is 4.89. The molecule has 2 fully saturated rings. The highest BCUT2D eigenvalue weighted by Crippen LogP contribution is 2.31. The molecule has 1 saturated carbocycles. The summed E-state index contributed by atoms with van der Waals surface area (Å²) < 4.78 is 11.2. The minimum Gasteiger partial charge on any atom is -0.490 e. The molecule has 2 aliphatic rings. The zero-order valence-electron chi connectivity index (χ0n) is 9.84. The molecule has 3 heteroatoms. The number of hydrogen-bond acceptors (Lipinski definition) is 3. The molecule has 0 amide bonds. The first-order valence-corrected chi connectivity index (χ1v) is 6.39.